The maximum Gasteiger partial charge on any atom is 0.230 e. The van der Waals surface area contributed by atoms with Crippen LogP contribution in [0.3, 0.4) is 0 Å². The average Bonchev–Trinajstić information content (AvgIpc) is 2.72. The molecule has 2 aromatic carbocycles. The monoisotopic (exact) mass is 214 g/mol. The van der Waals surface area contributed by atoms with Gasteiger partial charge >= 0.3 is 0 Å². The molecule has 0 saturated heterocycles. The van der Waals surface area contributed by atoms with Crippen LogP contribution in [-0.2, 0) is 5.75 Å². The van der Waals surface area contributed by atoms with Crippen LogP contribution in [0.2, 0.25) is 0 Å². The third kappa shape index (κ3) is 1.25. The van der Waals surface area contributed by atoms with E-state index in [1.54, 1.807) is 0 Å². The molecule has 1 aromatic heterocycles. The van der Waals surface area contributed by atoms with Crippen molar-refractivity contribution in [1.29, 1.82) is 0 Å². The molecule has 1 nitrogen and oxygen atoms in total. The Morgan fingerprint density at radius 1 is 1.13 bits per heavy atom. The molecule has 0 bridgehead atoms. The fourth-order valence-electron chi connectivity index (χ4n) is 1.98. The van der Waals surface area contributed by atoms with E-state index in [1.807, 2.05) is 0 Å². The number of aryl methyl sites for hydroxylation is 1. The standard InChI is InChI=1S/C13H12NS/c1-2-15-9-14-13-11-6-4-3-5-10(11)7-8-12(13)15/h3-9H,2H2,1H3/q+1. The van der Waals surface area contributed by atoms with E-state index >= 15 is 0 Å². The first kappa shape index (κ1) is 8.86. The summed E-state index contributed by atoms with van der Waals surface area (Å²) >= 11 is 0. The van der Waals surface area contributed by atoms with Crippen molar-refractivity contribution in [3.8, 4) is 0 Å². The Balaban J connectivity index is 2.50. The molecule has 1 atom stereocenters. The highest BCUT2D eigenvalue weighted by atomic mass is 32.2. The molecule has 1 unspecified atom stereocenters. The molecule has 0 aliphatic rings. The number of hydrogen-bond donors (Lipinski definition) is 0. The molecule has 2 heteroatoms. The molecule has 3 aromatic rings. The number of fused-ring (bicyclic) bond motifs is 3. The first-order valence-corrected chi connectivity index (χ1v) is 6.61. The van der Waals surface area contributed by atoms with Crippen LogP contribution in [0.4, 0.5) is 0 Å². The molecule has 0 spiro atoms. The van der Waals surface area contributed by atoms with Crippen LogP contribution >= 0.6 is 10.5 Å². The van der Waals surface area contributed by atoms with Gasteiger partial charge in [-0.25, -0.2) is 0 Å². The van der Waals surface area contributed by atoms with Crippen LogP contribution < -0.4 is 0 Å². The summed E-state index contributed by atoms with van der Waals surface area (Å²) in [5.41, 5.74) is 3.30. The summed E-state index contributed by atoms with van der Waals surface area (Å²) in [7, 11) is 0.243. The van der Waals surface area contributed by atoms with Crippen molar-refractivity contribution in [3.63, 3.8) is 0 Å². The molecule has 0 saturated carbocycles. The Bertz CT molecular complexity index is 625. The number of hydrogen-bond acceptors (Lipinski definition) is 1. The summed E-state index contributed by atoms with van der Waals surface area (Å²) in [5, 5.41) is 2.57. The van der Waals surface area contributed by atoms with E-state index in [1.165, 1.54) is 21.0 Å². The van der Waals surface area contributed by atoms with Gasteiger partial charge in [-0.05, 0) is 18.4 Å². The minimum atomic E-state index is 0.243. The lowest BCUT2D eigenvalue weighted by atomic mass is 10.1. The SMILES string of the molecule is CC[s+]1cnc2c3ccccc3ccc21. The number of thiazole rings is 1. The van der Waals surface area contributed by atoms with Crippen LogP contribution in [0.5, 0.6) is 0 Å². The third-order valence-corrected chi connectivity index (χ3v) is 4.64. The Hall–Kier alpha value is -1.41. The van der Waals surface area contributed by atoms with Gasteiger partial charge in [0.1, 0.15) is 11.3 Å². The van der Waals surface area contributed by atoms with E-state index in [0.717, 1.165) is 5.75 Å². The van der Waals surface area contributed by atoms with Crippen molar-refractivity contribution in [2.24, 2.45) is 0 Å². The minimum Gasteiger partial charge on any atom is -0.199 e. The second-order valence-electron chi connectivity index (χ2n) is 3.59. The maximum atomic E-state index is 4.57. The zero-order chi connectivity index (χ0) is 10.3. The van der Waals surface area contributed by atoms with Crippen LogP contribution in [-0.4, -0.2) is 4.98 Å². The van der Waals surface area contributed by atoms with Crippen LogP contribution in [0.1, 0.15) is 6.92 Å². The fourth-order valence-corrected chi connectivity index (χ4v) is 3.44. The molecule has 74 valence electrons. The van der Waals surface area contributed by atoms with Crippen LogP contribution in [0.25, 0.3) is 21.0 Å². The van der Waals surface area contributed by atoms with E-state index in [0.29, 0.717) is 0 Å². The third-order valence-electron chi connectivity index (χ3n) is 2.77. The predicted octanol–water partition coefficient (Wildman–Crippen LogP) is 4.16. The Kier molecular flexibility index (Phi) is 1.96. The van der Waals surface area contributed by atoms with Crippen molar-refractivity contribution in [2.75, 3.05) is 0 Å². The lowest BCUT2D eigenvalue weighted by Gasteiger charge is -1.95. The molecule has 1 heterocycles. The van der Waals surface area contributed by atoms with Gasteiger partial charge < -0.3 is 0 Å². The summed E-state index contributed by atoms with van der Waals surface area (Å²) in [5.74, 6) is 1.16. The van der Waals surface area contributed by atoms with Crippen molar-refractivity contribution < 1.29 is 0 Å². The zero-order valence-electron chi connectivity index (χ0n) is 8.60. The first-order valence-electron chi connectivity index (χ1n) is 5.16. The molecule has 0 aliphatic heterocycles. The Morgan fingerprint density at radius 3 is 2.87 bits per heavy atom. The van der Waals surface area contributed by atoms with Crippen molar-refractivity contribution >= 4 is 31.5 Å². The molecular formula is C13H12NS+. The van der Waals surface area contributed by atoms with E-state index in [-0.39, 0.29) is 10.5 Å². The van der Waals surface area contributed by atoms with E-state index in [2.05, 4.69) is 53.8 Å². The topological polar surface area (TPSA) is 12.9 Å². The first-order chi connectivity index (χ1) is 7.40. The summed E-state index contributed by atoms with van der Waals surface area (Å²) in [6.45, 7) is 2.22. The van der Waals surface area contributed by atoms with Gasteiger partial charge in [-0.1, -0.05) is 24.3 Å². The van der Waals surface area contributed by atoms with Crippen LogP contribution in [0, 0.1) is 0 Å². The number of nitrogens with zero attached hydrogens (tertiary/aromatic N) is 1. The van der Waals surface area contributed by atoms with E-state index in [9.17, 15) is 0 Å². The highest BCUT2D eigenvalue weighted by Crippen LogP contribution is 2.34. The molecule has 0 amide bonds. The van der Waals surface area contributed by atoms with Crippen molar-refractivity contribution in [2.45, 2.75) is 12.7 Å². The summed E-state index contributed by atoms with van der Waals surface area (Å²) in [4.78, 5) is 4.57. The van der Waals surface area contributed by atoms with Crippen molar-refractivity contribution in [1.82, 2.24) is 4.98 Å². The molecule has 0 radical (unpaired) electrons. The van der Waals surface area contributed by atoms with Gasteiger partial charge in [-0.2, -0.15) is 4.98 Å². The summed E-state index contributed by atoms with van der Waals surface area (Å²) in [6.07, 6.45) is 0. The molecule has 15 heavy (non-hydrogen) atoms. The molecule has 0 fully saturated rings. The van der Waals surface area contributed by atoms with Gasteiger partial charge in [0.2, 0.25) is 10.2 Å². The van der Waals surface area contributed by atoms with Gasteiger partial charge in [0.05, 0.1) is 0 Å². The molecular weight excluding hydrogens is 202 g/mol. The summed E-state index contributed by atoms with van der Waals surface area (Å²) in [6, 6.07) is 12.9. The predicted molar refractivity (Wildman–Crippen MR) is 67.4 cm³/mol. The van der Waals surface area contributed by atoms with E-state index in [4.69, 9.17) is 0 Å². The lowest BCUT2D eigenvalue weighted by Crippen LogP contribution is -1.74. The fraction of sp³-hybridized carbons (Fsp3) is 0.154. The second-order valence-corrected chi connectivity index (χ2v) is 5.67. The lowest BCUT2D eigenvalue weighted by molar-refractivity contribution is 1.37. The van der Waals surface area contributed by atoms with E-state index < -0.39 is 0 Å². The average molecular weight is 214 g/mol. The maximum absolute atomic E-state index is 4.57. The van der Waals surface area contributed by atoms with Gasteiger partial charge in [0, 0.05) is 21.9 Å². The zero-order valence-corrected chi connectivity index (χ0v) is 9.42. The number of rotatable bonds is 1. The highest BCUT2D eigenvalue weighted by molar-refractivity contribution is 7.35. The van der Waals surface area contributed by atoms with Crippen LogP contribution in [0.15, 0.2) is 41.9 Å². The minimum absolute atomic E-state index is 0.243. The summed E-state index contributed by atoms with van der Waals surface area (Å²) < 4.78 is 1.41. The van der Waals surface area contributed by atoms with Gasteiger partial charge in [-0.15, -0.1) is 0 Å². The smallest absolute Gasteiger partial charge is 0.199 e. The van der Waals surface area contributed by atoms with Gasteiger partial charge in [0.15, 0.2) is 0 Å². The normalized spacial score (nSPS) is 12.5. The van der Waals surface area contributed by atoms with Gasteiger partial charge in [0.25, 0.3) is 0 Å². The number of benzene rings is 2. The van der Waals surface area contributed by atoms with Crippen molar-refractivity contribution in [3.05, 3.63) is 41.9 Å². The number of aromatic nitrogens is 1. The van der Waals surface area contributed by atoms with Gasteiger partial charge in [-0.3, -0.25) is 0 Å². The Morgan fingerprint density at radius 2 is 2.00 bits per heavy atom. The second kappa shape index (κ2) is 3.31. The quantitative estimate of drug-likeness (QED) is 0.554. The Labute approximate surface area is 91.4 Å². The molecule has 0 aliphatic carbocycles. The molecule has 3 rings (SSSR count). The molecule has 0 N–H and O–H groups in total. The highest BCUT2D eigenvalue weighted by Gasteiger charge is 2.13. The largest absolute Gasteiger partial charge is 0.230 e.